The van der Waals surface area contributed by atoms with Crippen LogP contribution in [0.5, 0.6) is 11.5 Å². The lowest BCUT2D eigenvalue weighted by atomic mass is 10.2. The second-order valence-electron chi connectivity index (χ2n) is 5.93. The normalized spacial score (nSPS) is 11.7. The second-order valence-corrected chi connectivity index (χ2v) is 5.93. The van der Waals surface area contributed by atoms with Crippen molar-refractivity contribution in [1.29, 1.82) is 0 Å². The maximum atomic E-state index is 12.8. The molecule has 0 aliphatic heterocycles. The first-order chi connectivity index (χ1) is 13.5. The Balaban J connectivity index is 1.69. The average molecular weight is 386 g/mol. The third kappa shape index (κ3) is 7.11. The molecule has 0 radical (unpaired) electrons. The second kappa shape index (κ2) is 10.7. The summed E-state index contributed by atoms with van der Waals surface area (Å²) in [5.74, 6) is 0.206. The monoisotopic (exact) mass is 386 g/mol. The van der Waals surface area contributed by atoms with Crippen molar-refractivity contribution in [2.24, 2.45) is 0 Å². The molecule has 0 aromatic heterocycles. The summed E-state index contributed by atoms with van der Waals surface area (Å²) in [6, 6.07) is 12.1. The lowest BCUT2D eigenvalue weighted by molar-refractivity contribution is -0.126. The van der Waals surface area contributed by atoms with Gasteiger partial charge in [0.1, 0.15) is 30.0 Å². The van der Waals surface area contributed by atoms with Crippen LogP contribution in [0.15, 0.2) is 54.6 Å². The molecule has 2 aromatic carbocycles. The Morgan fingerprint density at radius 2 is 1.71 bits per heavy atom. The molecule has 2 rings (SSSR count). The van der Waals surface area contributed by atoms with Crippen LogP contribution in [0.2, 0.25) is 0 Å². The predicted molar refractivity (Wildman–Crippen MR) is 105 cm³/mol. The number of rotatable bonds is 9. The van der Waals surface area contributed by atoms with Crippen LogP contribution in [0.4, 0.5) is 4.39 Å². The van der Waals surface area contributed by atoms with Crippen molar-refractivity contribution < 1.29 is 23.5 Å². The van der Waals surface area contributed by atoms with Gasteiger partial charge in [-0.1, -0.05) is 12.1 Å². The minimum Gasteiger partial charge on any atom is -0.497 e. The van der Waals surface area contributed by atoms with Gasteiger partial charge in [-0.25, -0.2) is 4.39 Å². The molecule has 1 unspecified atom stereocenters. The lowest BCUT2D eigenvalue weighted by Gasteiger charge is -2.13. The van der Waals surface area contributed by atoms with E-state index in [9.17, 15) is 14.0 Å². The van der Waals surface area contributed by atoms with E-state index in [1.165, 1.54) is 30.3 Å². The highest BCUT2D eigenvalue weighted by Gasteiger charge is 2.13. The van der Waals surface area contributed by atoms with Gasteiger partial charge in [-0.3, -0.25) is 9.59 Å². The summed E-state index contributed by atoms with van der Waals surface area (Å²) < 4.78 is 23.3. The lowest BCUT2D eigenvalue weighted by Crippen LogP contribution is -2.45. The maximum absolute atomic E-state index is 12.8. The molecule has 6 nitrogen and oxygen atoms in total. The van der Waals surface area contributed by atoms with Gasteiger partial charge < -0.3 is 20.1 Å². The third-order valence-electron chi connectivity index (χ3n) is 3.78. The van der Waals surface area contributed by atoms with Crippen LogP contribution < -0.4 is 20.1 Å². The molecule has 2 N–H and O–H groups in total. The highest BCUT2D eigenvalue weighted by Crippen LogP contribution is 2.12. The number of nitrogens with one attached hydrogen (secondary N) is 2. The van der Waals surface area contributed by atoms with E-state index in [1.807, 2.05) is 12.1 Å². The Labute approximate surface area is 163 Å². The number of halogens is 1. The number of ether oxygens (including phenoxy) is 2. The first kappa shape index (κ1) is 21.0. The molecule has 7 heteroatoms. The highest BCUT2D eigenvalue weighted by molar-refractivity contribution is 5.95. The number of hydrogen-bond acceptors (Lipinski definition) is 4. The molecule has 2 aromatic rings. The third-order valence-corrected chi connectivity index (χ3v) is 3.78. The molecule has 0 aliphatic rings. The smallest absolute Gasteiger partial charge is 0.244 e. The van der Waals surface area contributed by atoms with Gasteiger partial charge in [0.15, 0.2) is 0 Å². The van der Waals surface area contributed by atoms with E-state index in [2.05, 4.69) is 10.6 Å². The number of benzene rings is 2. The fourth-order valence-electron chi connectivity index (χ4n) is 2.24. The molecule has 0 bridgehead atoms. The molecule has 2 amide bonds. The van der Waals surface area contributed by atoms with Gasteiger partial charge in [0.05, 0.1) is 13.7 Å². The quantitative estimate of drug-likeness (QED) is 0.513. The molecule has 0 spiro atoms. The largest absolute Gasteiger partial charge is 0.497 e. The zero-order valence-corrected chi connectivity index (χ0v) is 15.8. The van der Waals surface area contributed by atoms with Crippen LogP contribution in [0.3, 0.4) is 0 Å². The van der Waals surface area contributed by atoms with E-state index < -0.39 is 6.04 Å². The van der Waals surface area contributed by atoms with Crippen molar-refractivity contribution in [3.05, 3.63) is 66.0 Å². The summed E-state index contributed by atoms with van der Waals surface area (Å²) in [6.07, 6.45) is 3.01. The van der Waals surface area contributed by atoms with Gasteiger partial charge in [0.25, 0.3) is 0 Å². The van der Waals surface area contributed by atoms with Crippen LogP contribution in [0, 0.1) is 5.82 Å². The Hall–Kier alpha value is -3.35. The number of amides is 2. The fraction of sp³-hybridized carbons (Fsp3) is 0.238. The van der Waals surface area contributed by atoms with Gasteiger partial charge in [-0.05, 0) is 55.0 Å². The molecule has 0 saturated carbocycles. The van der Waals surface area contributed by atoms with Crippen molar-refractivity contribution >= 4 is 17.9 Å². The SMILES string of the molecule is COc1ccc(/C=C/C(=O)NC(C)C(=O)NCCOc2ccc(F)cc2)cc1. The first-order valence-electron chi connectivity index (χ1n) is 8.76. The summed E-state index contributed by atoms with van der Waals surface area (Å²) in [7, 11) is 1.58. The standard InChI is InChI=1S/C21H23FN2O4/c1-15(21(26)23-13-14-28-19-10-6-17(22)7-11-19)24-20(25)12-5-16-3-8-18(27-2)9-4-16/h3-12,15H,13-14H2,1-2H3,(H,23,26)(H,24,25)/b12-5+. The van der Waals surface area contributed by atoms with E-state index in [0.29, 0.717) is 5.75 Å². The van der Waals surface area contributed by atoms with Crippen molar-refractivity contribution in [1.82, 2.24) is 10.6 Å². The van der Waals surface area contributed by atoms with Crippen molar-refractivity contribution in [2.45, 2.75) is 13.0 Å². The van der Waals surface area contributed by atoms with Gasteiger partial charge in [0, 0.05) is 6.08 Å². The van der Waals surface area contributed by atoms with E-state index in [4.69, 9.17) is 9.47 Å². The minimum absolute atomic E-state index is 0.232. The van der Waals surface area contributed by atoms with Crippen LogP contribution in [-0.2, 0) is 9.59 Å². The summed E-state index contributed by atoms with van der Waals surface area (Å²) >= 11 is 0. The maximum Gasteiger partial charge on any atom is 0.244 e. The molecular weight excluding hydrogens is 363 g/mol. The molecule has 1 atom stereocenters. The molecule has 0 heterocycles. The Bertz CT molecular complexity index is 804. The van der Waals surface area contributed by atoms with E-state index >= 15 is 0 Å². The van der Waals surface area contributed by atoms with E-state index in [0.717, 1.165) is 11.3 Å². The molecule has 0 saturated heterocycles. The zero-order chi connectivity index (χ0) is 20.4. The zero-order valence-electron chi connectivity index (χ0n) is 15.8. The predicted octanol–water partition coefficient (Wildman–Crippen LogP) is 2.55. The Morgan fingerprint density at radius 3 is 2.36 bits per heavy atom. The van der Waals surface area contributed by atoms with Crippen LogP contribution in [-0.4, -0.2) is 38.1 Å². The first-order valence-corrected chi connectivity index (χ1v) is 8.76. The van der Waals surface area contributed by atoms with Gasteiger partial charge in [-0.2, -0.15) is 0 Å². The minimum atomic E-state index is -0.696. The molecule has 0 fully saturated rings. The number of hydrogen-bond donors (Lipinski definition) is 2. The number of methoxy groups -OCH3 is 1. The topological polar surface area (TPSA) is 76.7 Å². The summed E-state index contributed by atoms with van der Waals surface area (Å²) in [5, 5.41) is 5.26. The molecule has 148 valence electrons. The Morgan fingerprint density at radius 1 is 1.07 bits per heavy atom. The van der Waals surface area contributed by atoms with Crippen LogP contribution in [0.25, 0.3) is 6.08 Å². The van der Waals surface area contributed by atoms with E-state index in [1.54, 1.807) is 32.2 Å². The van der Waals surface area contributed by atoms with Crippen LogP contribution in [0.1, 0.15) is 12.5 Å². The Kier molecular flexibility index (Phi) is 8.02. The van der Waals surface area contributed by atoms with Crippen LogP contribution >= 0.6 is 0 Å². The van der Waals surface area contributed by atoms with Gasteiger partial charge in [-0.15, -0.1) is 0 Å². The van der Waals surface area contributed by atoms with Crippen molar-refractivity contribution in [3.8, 4) is 11.5 Å². The molecule has 28 heavy (non-hydrogen) atoms. The van der Waals surface area contributed by atoms with Crippen molar-refractivity contribution in [3.63, 3.8) is 0 Å². The summed E-state index contributed by atoms with van der Waals surface area (Å²) in [5.41, 5.74) is 0.839. The van der Waals surface area contributed by atoms with Gasteiger partial charge in [0.2, 0.25) is 11.8 Å². The molecular formula is C21H23FN2O4. The van der Waals surface area contributed by atoms with Gasteiger partial charge >= 0.3 is 0 Å². The number of carbonyl (C=O) groups is 2. The average Bonchev–Trinajstić information content (AvgIpc) is 2.71. The van der Waals surface area contributed by atoms with Crippen molar-refractivity contribution in [2.75, 3.05) is 20.3 Å². The number of carbonyl (C=O) groups excluding carboxylic acids is 2. The summed E-state index contributed by atoms with van der Waals surface area (Å²) in [4.78, 5) is 23.9. The fourth-order valence-corrected chi connectivity index (χ4v) is 2.24. The highest BCUT2D eigenvalue weighted by atomic mass is 19.1. The van der Waals surface area contributed by atoms with E-state index in [-0.39, 0.29) is 30.8 Å². The summed E-state index contributed by atoms with van der Waals surface area (Å²) in [6.45, 7) is 2.09. The molecule has 0 aliphatic carbocycles.